The second-order valence-electron chi connectivity index (χ2n) is 5.86. The van der Waals surface area contributed by atoms with Gasteiger partial charge < -0.3 is 15.7 Å². The maximum Gasteiger partial charge on any atom is 0.315 e. The summed E-state index contributed by atoms with van der Waals surface area (Å²) in [7, 11) is 0. The quantitative estimate of drug-likeness (QED) is 0.667. The van der Waals surface area contributed by atoms with E-state index in [1.54, 1.807) is 11.8 Å². The van der Waals surface area contributed by atoms with Crippen LogP contribution in [0.4, 0.5) is 4.79 Å². The number of aliphatic hydroxyl groups excluding tert-OH is 1. The van der Waals surface area contributed by atoms with E-state index in [-0.39, 0.29) is 23.4 Å². The normalized spacial score (nSPS) is 15.3. The van der Waals surface area contributed by atoms with Crippen molar-refractivity contribution in [1.29, 1.82) is 0 Å². The lowest BCUT2D eigenvalue weighted by Crippen LogP contribution is -2.48. The van der Waals surface area contributed by atoms with Crippen molar-refractivity contribution in [2.24, 2.45) is 11.3 Å². The summed E-state index contributed by atoms with van der Waals surface area (Å²) in [5.41, 5.74) is -0.325. The van der Waals surface area contributed by atoms with Gasteiger partial charge in [-0.15, -0.1) is 0 Å². The Hall–Kier alpha value is -0.420. The summed E-state index contributed by atoms with van der Waals surface area (Å²) in [4.78, 5) is 11.7. The van der Waals surface area contributed by atoms with E-state index in [4.69, 9.17) is 0 Å². The minimum atomic E-state index is -0.429. The molecule has 0 spiro atoms. The van der Waals surface area contributed by atoms with Gasteiger partial charge in [0.25, 0.3) is 0 Å². The van der Waals surface area contributed by atoms with Crippen LogP contribution in [-0.2, 0) is 0 Å². The summed E-state index contributed by atoms with van der Waals surface area (Å²) in [6.07, 6.45) is 1.58. The number of hydrogen-bond donors (Lipinski definition) is 3. The van der Waals surface area contributed by atoms with Crippen LogP contribution in [0.2, 0.25) is 0 Å². The molecule has 0 unspecified atom stereocenters. The summed E-state index contributed by atoms with van der Waals surface area (Å²) in [5.74, 6) is 1.08. The fourth-order valence-corrected chi connectivity index (χ4v) is 2.46. The maximum atomic E-state index is 11.7. The average Bonchev–Trinajstić information content (AvgIpc) is 2.25. The van der Waals surface area contributed by atoms with E-state index in [2.05, 4.69) is 10.6 Å². The van der Waals surface area contributed by atoms with Gasteiger partial charge in [-0.1, -0.05) is 27.7 Å². The second kappa shape index (κ2) is 7.89. The Kier molecular flexibility index (Phi) is 7.71. The molecular formula is C13H28N2O2S. The summed E-state index contributed by atoms with van der Waals surface area (Å²) in [5, 5.41) is 15.8. The summed E-state index contributed by atoms with van der Waals surface area (Å²) in [6.45, 7) is 10.3. The molecule has 3 N–H and O–H groups in total. The molecule has 0 aromatic heterocycles. The largest absolute Gasteiger partial charge is 0.392 e. The molecule has 0 fully saturated rings. The van der Waals surface area contributed by atoms with E-state index in [9.17, 15) is 9.90 Å². The van der Waals surface area contributed by atoms with E-state index < -0.39 is 6.10 Å². The molecule has 0 saturated heterocycles. The lowest BCUT2D eigenvalue weighted by molar-refractivity contribution is 0.0151. The van der Waals surface area contributed by atoms with Crippen molar-refractivity contribution in [2.75, 3.05) is 18.6 Å². The molecule has 2 atom stereocenters. The van der Waals surface area contributed by atoms with Gasteiger partial charge in [0.05, 0.1) is 6.10 Å². The number of urea groups is 1. The van der Waals surface area contributed by atoms with E-state index in [1.807, 2.05) is 40.9 Å². The highest BCUT2D eigenvalue weighted by Gasteiger charge is 2.30. The lowest BCUT2D eigenvalue weighted by Gasteiger charge is -2.33. The predicted molar refractivity (Wildman–Crippen MR) is 79.0 cm³/mol. The van der Waals surface area contributed by atoms with Crippen LogP contribution in [-0.4, -0.2) is 41.8 Å². The van der Waals surface area contributed by atoms with Gasteiger partial charge in [0.15, 0.2) is 0 Å². The second-order valence-corrected chi connectivity index (χ2v) is 6.77. The zero-order valence-electron chi connectivity index (χ0n) is 12.4. The Morgan fingerprint density at radius 2 is 1.89 bits per heavy atom. The molecule has 0 rings (SSSR count). The first-order valence-corrected chi connectivity index (χ1v) is 7.81. The van der Waals surface area contributed by atoms with Crippen LogP contribution in [0.3, 0.4) is 0 Å². The van der Waals surface area contributed by atoms with E-state index in [0.717, 1.165) is 5.75 Å². The van der Waals surface area contributed by atoms with Crippen LogP contribution in [0.25, 0.3) is 0 Å². The van der Waals surface area contributed by atoms with Crippen molar-refractivity contribution in [3.8, 4) is 0 Å². The maximum absolute atomic E-state index is 11.7. The molecule has 0 aliphatic heterocycles. The Bertz CT molecular complexity index is 257. The summed E-state index contributed by atoms with van der Waals surface area (Å²) in [6, 6.07) is -0.0151. The van der Waals surface area contributed by atoms with Crippen molar-refractivity contribution in [1.82, 2.24) is 10.6 Å². The van der Waals surface area contributed by atoms with Gasteiger partial charge in [0.1, 0.15) is 0 Å². The van der Waals surface area contributed by atoms with Crippen LogP contribution in [0, 0.1) is 11.3 Å². The molecule has 0 aromatic rings. The molecule has 5 heteroatoms. The summed E-state index contributed by atoms with van der Waals surface area (Å²) < 4.78 is 0. The van der Waals surface area contributed by atoms with Crippen molar-refractivity contribution < 1.29 is 9.90 Å². The molecular weight excluding hydrogens is 248 g/mol. The smallest absolute Gasteiger partial charge is 0.315 e. The van der Waals surface area contributed by atoms with E-state index >= 15 is 0 Å². The first kappa shape index (κ1) is 17.6. The first-order chi connectivity index (χ1) is 8.20. The highest BCUT2D eigenvalue weighted by Crippen LogP contribution is 2.24. The van der Waals surface area contributed by atoms with Gasteiger partial charge >= 0.3 is 6.03 Å². The minimum absolute atomic E-state index is 0.151. The molecule has 0 saturated carbocycles. The van der Waals surface area contributed by atoms with Crippen LogP contribution >= 0.6 is 11.8 Å². The highest BCUT2D eigenvalue weighted by molar-refractivity contribution is 7.98. The third-order valence-electron chi connectivity index (χ3n) is 2.93. The molecule has 0 radical (unpaired) electrons. The predicted octanol–water partition coefficient (Wildman–Crippen LogP) is 2.08. The van der Waals surface area contributed by atoms with Crippen LogP contribution in [0.5, 0.6) is 0 Å². The molecule has 18 heavy (non-hydrogen) atoms. The fourth-order valence-electron chi connectivity index (χ4n) is 1.88. The number of hydrogen-bond acceptors (Lipinski definition) is 3. The van der Waals surface area contributed by atoms with Crippen molar-refractivity contribution in [2.45, 2.75) is 46.8 Å². The Labute approximate surface area is 115 Å². The van der Waals surface area contributed by atoms with Crippen LogP contribution < -0.4 is 10.6 Å². The average molecular weight is 276 g/mol. The Morgan fingerprint density at radius 3 is 2.33 bits per heavy atom. The number of carbonyl (C=O) groups excluding carboxylic acids is 1. The number of nitrogens with one attached hydrogen (secondary N) is 2. The van der Waals surface area contributed by atoms with Gasteiger partial charge in [-0.05, 0) is 19.1 Å². The van der Waals surface area contributed by atoms with Crippen LogP contribution in [0.1, 0.15) is 34.6 Å². The lowest BCUT2D eigenvalue weighted by atomic mass is 9.81. The zero-order chi connectivity index (χ0) is 14.3. The molecule has 0 aliphatic carbocycles. The summed E-state index contributed by atoms with van der Waals surface area (Å²) >= 11 is 1.70. The number of aliphatic hydroxyl groups is 1. The van der Waals surface area contributed by atoms with Crippen molar-refractivity contribution >= 4 is 17.8 Å². The highest BCUT2D eigenvalue weighted by atomic mass is 32.2. The Morgan fingerprint density at radius 1 is 1.33 bits per heavy atom. The Balaban J connectivity index is 4.11. The first-order valence-electron chi connectivity index (χ1n) is 6.42. The molecule has 0 heterocycles. The standard InChI is InChI=1S/C13H28N2O2S/c1-9(2)11(16)13(4,5)8-14-12(17)15-10(3)7-18-6/h9-11,16H,7-8H2,1-6H3,(H2,14,15,17)/t10-,11+/m0/s1. The topological polar surface area (TPSA) is 61.4 Å². The van der Waals surface area contributed by atoms with Gasteiger partial charge in [-0.25, -0.2) is 4.79 Å². The SMILES string of the molecule is CSC[C@H](C)NC(=O)NCC(C)(C)[C@H](O)C(C)C. The monoisotopic (exact) mass is 276 g/mol. The molecule has 108 valence electrons. The van der Waals surface area contributed by atoms with Gasteiger partial charge in [0.2, 0.25) is 0 Å². The van der Waals surface area contributed by atoms with Crippen molar-refractivity contribution in [3.63, 3.8) is 0 Å². The van der Waals surface area contributed by atoms with Gasteiger partial charge in [-0.3, -0.25) is 0 Å². The third-order valence-corrected chi connectivity index (χ3v) is 3.76. The molecule has 2 amide bonds. The van der Waals surface area contributed by atoms with E-state index in [1.165, 1.54) is 0 Å². The minimum Gasteiger partial charge on any atom is -0.392 e. The van der Waals surface area contributed by atoms with Gasteiger partial charge in [-0.2, -0.15) is 11.8 Å². The number of amides is 2. The molecule has 0 aromatic carbocycles. The third kappa shape index (κ3) is 6.50. The molecule has 0 bridgehead atoms. The van der Waals surface area contributed by atoms with Crippen molar-refractivity contribution in [3.05, 3.63) is 0 Å². The zero-order valence-corrected chi connectivity index (χ0v) is 13.2. The molecule has 0 aliphatic rings. The molecule has 4 nitrogen and oxygen atoms in total. The van der Waals surface area contributed by atoms with Crippen LogP contribution in [0.15, 0.2) is 0 Å². The fraction of sp³-hybridized carbons (Fsp3) is 0.923. The van der Waals surface area contributed by atoms with Gasteiger partial charge in [0, 0.05) is 23.8 Å². The van der Waals surface area contributed by atoms with E-state index in [0.29, 0.717) is 6.54 Å². The number of rotatable bonds is 7. The number of carbonyl (C=O) groups is 1. The number of thioether (sulfide) groups is 1.